The number of hydrogen-bond donors (Lipinski definition) is 2. The minimum Gasteiger partial charge on any atom is -0.398 e. The predicted octanol–water partition coefficient (Wildman–Crippen LogP) is 0.969. The third-order valence-electron chi connectivity index (χ3n) is 2.62. The summed E-state index contributed by atoms with van der Waals surface area (Å²) in [5.41, 5.74) is 5.59. The Morgan fingerprint density at radius 1 is 1.39 bits per heavy atom. The van der Waals surface area contributed by atoms with Crippen molar-refractivity contribution in [3.8, 4) is 0 Å². The van der Waals surface area contributed by atoms with Crippen LogP contribution in [0.25, 0.3) is 0 Å². The van der Waals surface area contributed by atoms with Crippen LogP contribution in [0.2, 0.25) is 0 Å². The molecule has 6 heteroatoms. The van der Waals surface area contributed by atoms with Crippen molar-refractivity contribution in [2.24, 2.45) is 0 Å². The zero-order valence-corrected chi connectivity index (χ0v) is 12.0. The lowest BCUT2D eigenvalue weighted by atomic mass is 10.1. The molecule has 0 saturated heterocycles. The van der Waals surface area contributed by atoms with Crippen LogP contribution in [-0.4, -0.2) is 37.0 Å². The molecule has 102 valence electrons. The summed E-state index contributed by atoms with van der Waals surface area (Å²) >= 11 is 0. The number of anilines is 1. The first kappa shape index (κ1) is 14.9. The number of nitrogens with two attached hydrogens (primary N) is 1. The lowest BCUT2D eigenvalue weighted by molar-refractivity contribution is 0.0640. The van der Waals surface area contributed by atoms with E-state index < -0.39 is 15.6 Å². The average Bonchev–Trinajstić information content (AvgIpc) is 2.19. The molecule has 0 aliphatic heterocycles. The van der Waals surface area contributed by atoms with Gasteiger partial charge in [-0.3, -0.25) is 0 Å². The van der Waals surface area contributed by atoms with Crippen LogP contribution in [0, 0.1) is 6.92 Å². The number of likely N-dealkylation sites (N-methyl/N-ethyl adjacent to an activating group) is 1. The molecule has 1 rings (SSSR count). The molecule has 0 aromatic heterocycles. The van der Waals surface area contributed by atoms with Gasteiger partial charge in [0.1, 0.15) is 0 Å². The van der Waals surface area contributed by atoms with Crippen LogP contribution in [0.15, 0.2) is 23.1 Å². The third kappa shape index (κ3) is 3.22. The highest BCUT2D eigenvalue weighted by molar-refractivity contribution is 7.89. The highest BCUT2D eigenvalue weighted by atomic mass is 32.2. The molecule has 1 aromatic carbocycles. The van der Waals surface area contributed by atoms with E-state index >= 15 is 0 Å². The predicted molar refractivity (Wildman–Crippen MR) is 71.7 cm³/mol. The van der Waals surface area contributed by atoms with Gasteiger partial charge in [-0.1, -0.05) is 6.07 Å². The monoisotopic (exact) mass is 272 g/mol. The summed E-state index contributed by atoms with van der Waals surface area (Å²) in [7, 11) is -2.19. The molecule has 0 amide bonds. The Morgan fingerprint density at radius 3 is 2.44 bits per heavy atom. The number of aliphatic hydroxyl groups is 1. The molecule has 0 fully saturated rings. The molecule has 0 unspecified atom stereocenters. The highest BCUT2D eigenvalue weighted by Gasteiger charge is 2.27. The fourth-order valence-electron chi connectivity index (χ4n) is 1.71. The van der Waals surface area contributed by atoms with E-state index in [0.29, 0.717) is 11.3 Å². The van der Waals surface area contributed by atoms with Crippen molar-refractivity contribution >= 4 is 15.7 Å². The van der Waals surface area contributed by atoms with E-state index in [-0.39, 0.29) is 11.4 Å². The van der Waals surface area contributed by atoms with Crippen molar-refractivity contribution in [1.29, 1.82) is 0 Å². The summed E-state index contributed by atoms with van der Waals surface area (Å²) in [6, 6.07) is 4.78. The second kappa shape index (κ2) is 4.87. The Hall–Kier alpha value is -1.11. The van der Waals surface area contributed by atoms with E-state index in [1.807, 2.05) is 0 Å². The maximum absolute atomic E-state index is 12.3. The fraction of sp³-hybridized carbons (Fsp3) is 0.500. The number of nitrogens with zero attached hydrogens (tertiary/aromatic N) is 1. The zero-order chi connectivity index (χ0) is 14.1. The Labute approximate surface area is 108 Å². The molecule has 0 atom stereocenters. The Bertz CT molecular complexity index is 533. The highest BCUT2D eigenvalue weighted by Crippen LogP contribution is 2.24. The van der Waals surface area contributed by atoms with E-state index in [0.717, 1.165) is 4.31 Å². The summed E-state index contributed by atoms with van der Waals surface area (Å²) in [5.74, 6) is 0. The van der Waals surface area contributed by atoms with Gasteiger partial charge in [0.05, 0.1) is 10.5 Å². The summed E-state index contributed by atoms with van der Waals surface area (Å²) in [6.07, 6.45) is 0. The standard InChI is InChI=1S/C12H20N2O3S/c1-9-10(13)6-5-7-11(9)18(16,17)14(4)8-12(2,3)15/h5-7,15H,8,13H2,1-4H3. The van der Waals surface area contributed by atoms with Crippen molar-refractivity contribution in [1.82, 2.24) is 4.31 Å². The van der Waals surface area contributed by atoms with Crippen LogP contribution in [0.3, 0.4) is 0 Å². The lowest BCUT2D eigenvalue weighted by Gasteiger charge is -2.25. The van der Waals surface area contributed by atoms with Crippen molar-refractivity contribution in [2.75, 3.05) is 19.3 Å². The van der Waals surface area contributed by atoms with Gasteiger partial charge in [-0.05, 0) is 38.5 Å². The second-order valence-corrected chi connectivity index (χ2v) is 7.06. The van der Waals surface area contributed by atoms with Crippen molar-refractivity contribution < 1.29 is 13.5 Å². The third-order valence-corrected chi connectivity index (χ3v) is 4.57. The summed E-state index contributed by atoms with van der Waals surface area (Å²) in [5, 5.41) is 9.69. The maximum Gasteiger partial charge on any atom is 0.243 e. The molecule has 0 aliphatic carbocycles. The molecule has 0 aliphatic rings. The van der Waals surface area contributed by atoms with Crippen LogP contribution in [0.1, 0.15) is 19.4 Å². The topological polar surface area (TPSA) is 83.6 Å². The molecule has 0 radical (unpaired) electrons. The van der Waals surface area contributed by atoms with E-state index in [1.54, 1.807) is 32.9 Å². The zero-order valence-electron chi connectivity index (χ0n) is 11.1. The normalized spacial score (nSPS) is 13.0. The average molecular weight is 272 g/mol. The first-order valence-electron chi connectivity index (χ1n) is 5.59. The largest absolute Gasteiger partial charge is 0.398 e. The molecule has 18 heavy (non-hydrogen) atoms. The molecule has 0 saturated carbocycles. The number of sulfonamides is 1. The molecule has 0 heterocycles. The molecular weight excluding hydrogens is 252 g/mol. The van der Waals surface area contributed by atoms with E-state index in [2.05, 4.69) is 0 Å². The summed E-state index contributed by atoms with van der Waals surface area (Å²) in [6.45, 7) is 4.81. The van der Waals surface area contributed by atoms with Crippen LogP contribution >= 0.6 is 0 Å². The van der Waals surface area contributed by atoms with E-state index in [9.17, 15) is 13.5 Å². The lowest BCUT2D eigenvalue weighted by Crippen LogP contribution is -2.39. The maximum atomic E-state index is 12.3. The minimum absolute atomic E-state index is 0.0174. The number of rotatable bonds is 4. The molecule has 5 nitrogen and oxygen atoms in total. The van der Waals surface area contributed by atoms with Gasteiger partial charge in [0.2, 0.25) is 10.0 Å². The van der Waals surface area contributed by atoms with Crippen molar-refractivity contribution in [2.45, 2.75) is 31.3 Å². The molecule has 0 spiro atoms. The van der Waals surface area contributed by atoms with Gasteiger partial charge >= 0.3 is 0 Å². The van der Waals surface area contributed by atoms with Crippen LogP contribution < -0.4 is 5.73 Å². The van der Waals surface area contributed by atoms with Gasteiger partial charge < -0.3 is 10.8 Å². The number of nitrogen functional groups attached to an aromatic ring is 1. The molecule has 1 aromatic rings. The SMILES string of the molecule is Cc1c(N)cccc1S(=O)(=O)N(C)CC(C)(C)O. The van der Waals surface area contributed by atoms with Gasteiger partial charge in [0, 0.05) is 19.3 Å². The van der Waals surface area contributed by atoms with Crippen LogP contribution in [-0.2, 0) is 10.0 Å². The van der Waals surface area contributed by atoms with E-state index in [1.165, 1.54) is 13.1 Å². The van der Waals surface area contributed by atoms with Gasteiger partial charge in [0.25, 0.3) is 0 Å². The van der Waals surface area contributed by atoms with Gasteiger partial charge in [-0.2, -0.15) is 4.31 Å². The first-order chi connectivity index (χ1) is 8.05. The smallest absolute Gasteiger partial charge is 0.243 e. The summed E-state index contributed by atoms with van der Waals surface area (Å²) < 4.78 is 25.8. The van der Waals surface area contributed by atoms with Crippen LogP contribution in [0.5, 0.6) is 0 Å². The number of benzene rings is 1. The Balaban J connectivity index is 3.18. The molecule has 0 bridgehead atoms. The molecule has 3 N–H and O–H groups in total. The fourth-order valence-corrected chi connectivity index (χ4v) is 3.29. The quantitative estimate of drug-likeness (QED) is 0.800. The Kier molecular flexibility index (Phi) is 4.05. The van der Waals surface area contributed by atoms with Gasteiger partial charge in [-0.25, -0.2) is 8.42 Å². The van der Waals surface area contributed by atoms with Gasteiger partial charge in [0.15, 0.2) is 0 Å². The minimum atomic E-state index is -3.63. The van der Waals surface area contributed by atoms with E-state index in [4.69, 9.17) is 5.73 Å². The van der Waals surface area contributed by atoms with Crippen LogP contribution in [0.4, 0.5) is 5.69 Å². The van der Waals surface area contributed by atoms with Gasteiger partial charge in [-0.15, -0.1) is 0 Å². The molecular formula is C12H20N2O3S. The number of hydrogen-bond acceptors (Lipinski definition) is 4. The summed E-state index contributed by atoms with van der Waals surface area (Å²) in [4.78, 5) is 0.175. The first-order valence-corrected chi connectivity index (χ1v) is 7.03. The Morgan fingerprint density at radius 2 is 1.94 bits per heavy atom. The van der Waals surface area contributed by atoms with Crippen molar-refractivity contribution in [3.05, 3.63) is 23.8 Å². The second-order valence-electron chi connectivity index (χ2n) is 5.04. The van der Waals surface area contributed by atoms with Crippen molar-refractivity contribution in [3.63, 3.8) is 0 Å².